The van der Waals surface area contributed by atoms with Gasteiger partial charge in [0, 0.05) is 17.3 Å². The van der Waals surface area contributed by atoms with Gasteiger partial charge in [-0.25, -0.2) is 0 Å². The minimum Gasteiger partial charge on any atom is -0.312 e. The van der Waals surface area contributed by atoms with Crippen LogP contribution in [0.4, 0.5) is 0 Å². The molecule has 0 saturated heterocycles. The van der Waals surface area contributed by atoms with Gasteiger partial charge in [0.1, 0.15) is 0 Å². The van der Waals surface area contributed by atoms with E-state index in [2.05, 4.69) is 62.7 Å². The Balaban J connectivity index is 2.35. The molecule has 17 heavy (non-hydrogen) atoms. The fraction of sp³-hybridized carbons (Fsp3) is 0.786. The van der Waals surface area contributed by atoms with E-state index >= 15 is 0 Å². The fourth-order valence-corrected chi connectivity index (χ4v) is 2.08. The van der Waals surface area contributed by atoms with Crippen LogP contribution in [-0.4, -0.2) is 21.9 Å². The van der Waals surface area contributed by atoms with Crippen molar-refractivity contribution in [2.45, 2.75) is 66.0 Å². The van der Waals surface area contributed by atoms with Crippen molar-refractivity contribution < 1.29 is 0 Å². The van der Waals surface area contributed by atoms with Gasteiger partial charge in [-0.15, -0.1) is 0 Å². The summed E-state index contributed by atoms with van der Waals surface area (Å²) in [5, 5.41) is 8.05. The minimum absolute atomic E-state index is 0.224. The van der Waals surface area contributed by atoms with Crippen molar-refractivity contribution >= 4 is 0 Å². The van der Waals surface area contributed by atoms with E-state index < -0.39 is 0 Å². The monoisotopic (exact) mass is 237 g/mol. The zero-order valence-electron chi connectivity index (χ0n) is 12.2. The molecule has 0 fully saturated rings. The van der Waals surface area contributed by atoms with E-state index in [-0.39, 0.29) is 5.54 Å². The normalized spacial score (nSPS) is 14.0. The van der Waals surface area contributed by atoms with Gasteiger partial charge in [-0.05, 0) is 67.0 Å². The molecular formula is C14H27N3. The summed E-state index contributed by atoms with van der Waals surface area (Å²) in [6.45, 7) is 14.1. The van der Waals surface area contributed by atoms with Crippen LogP contribution in [0.1, 0.15) is 58.0 Å². The zero-order chi connectivity index (χ0) is 13.1. The van der Waals surface area contributed by atoms with Gasteiger partial charge in [-0.3, -0.25) is 4.68 Å². The van der Waals surface area contributed by atoms with Crippen molar-refractivity contribution in [3.05, 3.63) is 17.5 Å². The summed E-state index contributed by atoms with van der Waals surface area (Å²) in [5.41, 5.74) is 2.60. The van der Waals surface area contributed by atoms with E-state index in [1.165, 1.54) is 18.5 Å². The molecule has 3 nitrogen and oxygen atoms in total. The summed E-state index contributed by atoms with van der Waals surface area (Å²) in [7, 11) is 0. The lowest BCUT2D eigenvalue weighted by Gasteiger charge is -2.21. The molecule has 1 unspecified atom stereocenters. The topological polar surface area (TPSA) is 29.9 Å². The lowest BCUT2D eigenvalue weighted by molar-refractivity contribution is 0.387. The van der Waals surface area contributed by atoms with Gasteiger partial charge < -0.3 is 5.32 Å². The summed E-state index contributed by atoms with van der Waals surface area (Å²) in [6, 6.07) is 2.63. The van der Waals surface area contributed by atoms with E-state index in [0.717, 1.165) is 12.2 Å². The number of rotatable bonds is 5. The fourth-order valence-electron chi connectivity index (χ4n) is 2.08. The predicted molar refractivity (Wildman–Crippen MR) is 73.4 cm³/mol. The highest BCUT2D eigenvalue weighted by Crippen LogP contribution is 2.15. The maximum Gasteiger partial charge on any atom is 0.0596 e. The van der Waals surface area contributed by atoms with E-state index in [9.17, 15) is 0 Å². The van der Waals surface area contributed by atoms with E-state index in [1.54, 1.807) is 0 Å². The summed E-state index contributed by atoms with van der Waals surface area (Å²) in [4.78, 5) is 0. The standard InChI is InChI=1S/C14H27N3/c1-11-10-13(3)17(16-11)12(2)8-7-9-15-14(4,5)6/h10,12,15H,7-9H2,1-6H3. The summed E-state index contributed by atoms with van der Waals surface area (Å²) in [6.07, 6.45) is 2.36. The molecule has 1 aromatic heterocycles. The van der Waals surface area contributed by atoms with Crippen LogP contribution in [0.2, 0.25) is 0 Å². The number of aryl methyl sites for hydroxylation is 2. The van der Waals surface area contributed by atoms with Crippen LogP contribution >= 0.6 is 0 Å². The van der Waals surface area contributed by atoms with Gasteiger partial charge >= 0.3 is 0 Å². The average molecular weight is 237 g/mol. The van der Waals surface area contributed by atoms with Crippen molar-refractivity contribution in [2.75, 3.05) is 6.54 Å². The molecule has 0 radical (unpaired) electrons. The van der Waals surface area contributed by atoms with Gasteiger partial charge in [0.15, 0.2) is 0 Å². The lowest BCUT2D eigenvalue weighted by atomic mass is 10.1. The molecule has 3 heteroatoms. The highest BCUT2D eigenvalue weighted by Gasteiger charge is 2.11. The first-order valence-corrected chi connectivity index (χ1v) is 6.57. The van der Waals surface area contributed by atoms with Crippen molar-refractivity contribution in [3.8, 4) is 0 Å². The first-order chi connectivity index (χ1) is 7.79. The third-order valence-corrected chi connectivity index (χ3v) is 2.92. The Bertz CT molecular complexity index is 347. The van der Waals surface area contributed by atoms with E-state index in [1.807, 2.05) is 0 Å². The van der Waals surface area contributed by atoms with Gasteiger partial charge in [0.25, 0.3) is 0 Å². The van der Waals surface area contributed by atoms with Crippen LogP contribution in [0, 0.1) is 13.8 Å². The van der Waals surface area contributed by atoms with Crippen molar-refractivity contribution in [1.29, 1.82) is 0 Å². The number of hydrogen-bond acceptors (Lipinski definition) is 2. The highest BCUT2D eigenvalue weighted by molar-refractivity contribution is 5.07. The number of nitrogens with one attached hydrogen (secondary N) is 1. The SMILES string of the molecule is Cc1cc(C)n(C(C)CCCNC(C)(C)C)n1. The van der Waals surface area contributed by atoms with Crippen molar-refractivity contribution in [1.82, 2.24) is 15.1 Å². The highest BCUT2D eigenvalue weighted by atomic mass is 15.3. The lowest BCUT2D eigenvalue weighted by Crippen LogP contribution is -2.36. The number of hydrogen-bond donors (Lipinski definition) is 1. The summed E-state index contributed by atoms with van der Waals surface area (Å²) in [5.74, 6) is 0. The van der Waals surface area contributed by atoms with Crippen molar-refractivity contribution in [2.24, 2.45) is 0 Å². The minimum atomic E-state index is 0.224. The molecule has 1 aromatic rings. The molecule has 0 amide bonds. The predicted octanol–water partition coefficient (Wildman–Crippen LogP) is 3.23. The molecule has 0 spiro atoms. The Kier molecular flexibility index (Phi) is 4.75. The zero-order valence-corrected chi connectivity index (χ0v) is 12.2. The first kappa shape index (κ1) is 14.2. The van der Waals surface area contributed by atoms with Crippen LogP contribution < -0.4 is 5.32 Å². The summed E-state index contributed by atoms with van der Waals surface area (Å²) >= 11 is 0. The molecule has 98 valence electrons. The second-order valence-corrected chi connectivity index (χ2v) is 6.04. The number of aromatic nitrogens is 2. The third-order valence-electron chi connectivity index (χ3n) is 2.92. The third kappa shape index (κ3) is 4.90. The molecule has 0 aliphatic heterocycles. The van der Waals surface area contributed by atoms with Gasteiger partial charge in [0.05, 0.1) is 5.69 Å². The van der Waals surface area contributed by atoms with Crippen molar-refractivity contribution in [3.63, 3.8) is 0 Å². The smallest absolute Gasteiger partial charge is 0.0596 e. The largest absolute Gasteiger partial charge is 0.312 e. The maximum atomic E-state index is 4.53. The molecular weight excluding hydrogens is 210 g/mol. The molecule has 0 aliphatic rings. The Morgan fingerprint density at radius 1 is 1.35 bits per heavy atom. The molecule has 1 atom stereocenters. The molecule has 1 N–H and O–H groups in total. The first-order valence-electron chi connectivity index (χ1n) is 6.57. The Hall–Kier alpha value is -0.830. The van der Waals surface area contributed by atoms with Crippen LogP contribution in [0.3, 0.4) is 0 Å². The second kappa shape index (κ2) is 5.67. The molecule has 0 aliphatic carbocycles. The van der Waals surface area contributed by atoms with Gasteiger partial charge in [0.2, 0.25) is 0 Å². The van der Waals surface area contributed by atoms with E-state index in [0.29, 0.717) is 6.04 Å². The molecule has 0 aromatic carbocycles. The molecule has 1 rings (SSSR count). The molecule has 1 heterocycles. The Morgan fingerprint density at radius 3 is 2.47 bits per heavy atom. The Labute approximate surface area is 106 Å². The number of nitrogens with zero attached hydrogens (tertiary/aromatic N) is 2. The van der Waals surface area contributed by atoms with Crippen LogP contribution in [0.25, 0.3) is 0 Å². The van der Waals surface area contributed by atoms with E-state index in [4.69, 9.17) is 0 Å². The van der Waals surface area contributed by atoms with Crippen LogP contribution in [-0.2, 0) is 0 Å². The second-order valence-electron chi connectivity index (χ2n) is 6.04. The van der Waals surface area contributed by atoms with Crippen LogP contribution in [0.15, 0.2) is 6.07 Å². The molecule has 0 bridgehead atoms. The summed E-state index contributed by atoms with van der Waals surface area (Å²) < 4.78 is 2.15. The van der Waals surface area contributed by atoms with Crippen LogP contribution in [0.5, 0.6) is 0 Å². The Morgan fingerprint density at radius 2 is 2.00 bits per heavy atom. The van der Waals surface area contributed by atoms with Gasteiger partial charge in [-0.1, -0.05) is 0 Å². The quantitative estimate of drug-likeness (QED) is 0.797. The molecule has 0 saturated carbocycles. The maximum absolute atomic E-state index is 4.53. The van der Waals surface area contributed by atoms with Gasteiger partial charge in [-0.2, -0.15) is 5.10 Å². The average Bonchev–Trinajstić information content (AvgIpc) is 2.51.